The number of aromatic hydroxyl groups is 1. The molecule has 0 radical (unpaired) electrons. The van der Waals surface area contributed by atoms with Crippen molar-refractivity contribution in [1.82, 2.24) is 10.2 Å². The fourth-order valence-corrected chi connectivity index (χ4v) is 5.53. The van der Waals surface area contributed by atoms with Crippen LogP contribution >= 0.6 is 0 Å². The number of piperidine rings is 1. The van der Waals surface area contributed by atoms with E-state index in [4.69, 9.17) is 0 Å². The van der Waals surface area contributed by atoms with Crippen LogP contribution in [0.15, 0.2) is 18.2 Å². The minimum absolute atomic E-state index is 0.00846. The van der Waals surface area contributed by atoms with E-state index in [0.717, 1.165) is 45.1 Å². The second-order valence-corrected chi connectivity index (χ2v) is 8.90. The molecule has 2 fully saturated rings. The van der Waals surface area contributed by atoms with E-state index in [-0.39, 0.29) is 5.41 Å². The maximum atomic E-state index is 10.9. The number of likely N-dealkylation sites (N-methyl/N-ethyl adjacent to an activating group) is 1. The highest BCUT2D eigenvalue weighted by Crippen LogP contribution is 2.45. The summed E-state index contributed by atoms with van der Waals surface area (Å²) in [6, 6.07) is 6.64. The van der Waals surface area contributed by atoms with Gasteiger partial charge in [-0.2, -0.15) is 0 Å². The van der Waals surface area contributed by atoms with Crippen molar-refractivity contribution in [1.29, 1.82) is 0 Å². The molecule has 1 aromatic carbocycles. The summed E-state index contributed by atoms with van der Waals surface area (Å²) >= 11 is 0. The van der Waals surface area contributed by atoms with Gasteiger partial charge in [0.2, 0.25) is 0 Å². The molecular weight excluding hydrogens is 312 g/mol. The molecule has 1 heterocycles. The zero-order valence-electron chi connectivity index (χ0n) is 15.6. The molecule has 0 spiro atoms. The molecule has 3 atom stereocenters. The molecule has 4 heteroatoms. The number of fused-ring (bicyclic) bond motifs is 4. The van der Waals surface area contributed by atoms with E-state index in [9.17, 15) is 10.2 Å². The molecule has 1 aromatic rings. The molecule has 25 heavy (non-hydrogen) atoms. The fourth-order valence-electron chi connectivity index (χ4n) is 5.53. The number of likely N-dealkylation sites (tertiary alicyclic amines) is 1. The van der Waals surface area contributed by atoms with Gasteiger partial charge in [-0.3, -0.25) is 0 Å². The molecule has 0 aromatic heterocycles. The normalized spacial score (nSPS) is 34.5. The van der Waals surface area contributed by atoms with E-state index in [1.54, 1.807) is 0 Å². The van der Waals surface area contributed by atoms with E-state index in [1.807, 2.05) is 12.1 Å². The van der Waals surface area contributed by atoms with Crippen molar-refractivity contribution in [2.24, 2.45) is 0 Å². The summed E-state index contributed by atoms with van der Waals surface area (Å²) in [5.74, 6) is 0.363. The van der Waals surface area contributed by atoms with E-state index in [0.29, 0.717) is 24.4 Å². The first-order valence-electron chi connectivity index (χ1n) is 9.90. The summed E-state index contributed by atoms with van der Waals surface area (Å²) in [6.45, 7) is 4.11. The topological polar surface area (TPSA) is 55.7 Å². The van der Waals surface area contributed by atoms with Gasteiger partial charge in [-0.1, -0.05) is 32.3 Å². The Morgan fingerprint density at radius 3 is 2.72 bits per heavy atom. The molecule has 1 saturated heterocycles. The number of nitrogens with zero attached hydrogens (tertiary/aromatic N) is 1. The molecule has 138 valence electrons. The highest BCUT2D eigenvalue weighted by Gasteiger charge is 2.50. The second-order valence-electron chi connectivity index (χ2n) is 8.90. The molecule has 3 aliphatic rings. The van der Waals surface area contributed by atoms with Crippen molar-refractivity contribution in [3.8, 4) is 5.75 Å². The quantitative estimate of drug-likeness (QED) is 0.789. The molecule has 3 N–H and O–H groups in total. The van der Waals surface area contributed by atoms with Gasteiger partial charge in [0.25, 0.3) is 0 Å². The van der Waals surface area contributed by atoms with E-state index in [2.05, 4.69) is 30.3 Å². The standard InChI is InChI=1S/C21H32N2O2/c1-20-10-11-23(2)18(12-15-6-7-16(24)13-17(15)20)19(20)22-14-21(25)8-4-3-5-9-21/h6-7,13,18-19,22,24-25H,3-5,8-12,14H2,1-2H3/t18-,19-,20?/m1/s1. The van der Waals surface area contributed by atoms with Crippen LogP contribution in [0.25, 0.3) is 0 Å². The largest absolute Gasteiger partial charge is 0.508 e. The first-order chi connectivity index (χ1) is 11.9. The number of phenolic OH excluding ortho intramolecular Hbond substituents is 1. The first kappa shape index (κ1) is 17.3. The summed E-state index contributed by atoms with van der Waals surface area (Å²) in [4.78, 5) is 2.47. The van der Waals surface area contributed by atoms with Gasteiger partial charge in [0.15, 0.2) is 0 Å². The molecule has 1 unspecified atom stereocenters. The Bertz CT molecular complexity index is 641. The zero-order chi connectivity index (χ0) is 17.7. The van der Waals surface area contributed by atoms with E-state index >= 15 is 0 Å². The molecule has 1 aliphatic heterocycles. The zero-order valence-corrected chi connectivity index (χ0v) is 15.6. The molecule has 1 saturated carbocycles. The molecule has 2 aliphatic carbocycles. The van der Waals surface area contributed by atoms with Gasteiger partial charge >= 0.3 is 0 Å². The van der Waals surface area contributed by atoms with Crippen molar-refractivity contribution in [2.45, 2.75) is 75.0 Å². The smallest absolute Gasteiger partial charge is 0.115 e. The lowest BCUT2D eigenvalue weighted by Gasteiger charge is -2.55. The Labute approximate surface area is 151 Å². The Morgan fingerprint density at radius 1 is 1.20 bits per heavy atom. The van der Waals surface area contributed by atoms with Gasteiger partial charge in [0, 0.05) is 24.0 Å². The first-order valence-corrected chi connectivity index (χ1v) is 9.90. The lowest BCUT2D eigenvalue weighted by Crippen LogP contribution is -2.67. The number of nitrogens with one attached hydrogen (secondary N) is 1. The van der Waals surface area contributed by atoms with Crippen LogP contribution in [0.2, 0.25) is 0 Å². The fraction of sp³-hybridized carbons (Fsp3) is 0.714. The number of phenols is 1. The van der Waals surface area contributed by atoms with Crippen molar-refractivity contribution in [3.63, 3.8) is 0 Å². The Kier molecular flexibility index (Phi) is 4.33. The predicted molar refractivity (Wildman–Crippen MR) is 100 cm³/mol. The Balaban J connectivity index is 1.62. The van der Waals surface area contributed by atoms with Crippen molar-refractivity contribution in [2.75, 3.05) is 20.1 Å². The predicted octanol–water partition coefficient (Wildman–Crippen LogP) is 2.56. The summed E-state index contributed by atoms with van der Waals surface area (Å²) in [5, 5.41) is 24.8. The highest BCUT2D eigenvalue weighted by atomic mass is 16.3. The third-order valence-corrected chi connectivity index (χ3v) is 7.19. The monoisotopic (exact) mass is 344 g/mol. The van der Waals surface area contributed by atoms with Crippen LogP contribution in [0.3, 0.4) is 0 Å². The van der Waals surface area contributed by atoms with Crippen molar-refractivity contribution < 1.29 is 10.2 Å². The molecular formula is C21H32N2O2. The molecule has 4 nitrogen and oxygen atoms in total. The van der Waals surface area contributed by atoms with Crippen LogP contribution in [0.4, 0.5) is 0 Å². The average Bonchev–Trinajstić information content (AvgIpc) is 2.59. The lowest BCUT2D eigenvalue weighted by molar-refractivity contribution is -0.0114. The van der Waals surface area contributed by atoms with E-state index < -0.39 is 5.60 Å². The minimum Gasteiger partial charge on any atom is -0.508 e. The Hall–Kier alpha value is -1.10. The van der Waals surface area contributed by atoms with Gasteiger partial charge in [-0.05, 0) is 62.5 Å². The SMILES string of the molecule is CN1CCC2(C)c3cc(O)ccc3C[C@@H]1[C@H]2NCC1(O)CCCCC1. The second kappa shape index (κ2) is 6.26. The van der Waals surface area contributed by atoms with Crippen LogP contribution in [0.1, 0.15) is 56.6 Å². The molecule has 2 bridgehead atoms. The Morgan fingerprint density at radius 2 is 1.96 bits per heavy atom. The molecule has 4 rings (SSSR count). The number of aliphatic hydroxyl groups is 1. The maximum Gasteiger partial charge on any atom is 0.115 e. The summed E-state index contributed by atoms with van der Waals surface area (Å²) < 4.78 is 0. The summed E-state index contributed by atoms with van der Waals surface area (Å²) in [7, 11) is 2.22. The van der Waals surface area contributed by atoms with Crippen LogP contribution in [0, 0.1) is 0 Å². The maximum absolute atomic E-state index is 10.9. The number of benzene rings is 1. The highest BCUT2D eigenvalue weighted by molar-refractivity contribution is 5.45. The van der Waals surface area contributed by atoms with Crippen LogP contribution in [0.5, 0.6) is 5.75 Å². The third-order valence-electron chi connectivity index (χ3n) is 7.19. The van der Waals surface area contributed by atoms with Gasteiger partial charge in [0.05, 0.1) is 5.60 Å². The summed E-state index contributed by atoms with van der Waals surface area (Å²) in [5.41, 5.74) is 2.13. The van der Waals surface area contributed by atoms with Crippen molar-refractivity contribution in [3.05, 3.63) is 29.3 Å². The number of hydrogen-bond acceptors (Lipinski definition) is 4. The van der Waals surface area contributed by atoms with Gasteiger partial charge in [0.1, 0.15) is 5.75 Å². The van der Waals surface area contributed by atoms with Crippen LogP contribution < -0.4 is 5.32 Å². The third kappa shape index (κ3) is 2.98. The summed E-state index contributed by atoms with van der Waals surface area (Å²) in [6.07, 6.45) is 7.45. The average molecular weight is 344 g/mol. The van der Waals surface area contributed by atoms with Crippen LogP contribution in [-0.4, -0.2) is 52.9 Å². The van der Waals surface area contributed by atoms with E-state index in [1.165, 1.54) is 17.5 Å². The molecule has 0 amide bonds. The van der Waals surface area contributed by atoms with Crippen molar-refractivity contribution >= 4 is 0 Å². The number of hydrogen-bond donors (Lipinski definition) is 3. The number of rotatable bonds is 3. The van der Waals surface area contributed by atoms with Gasteiger partial charge in [-0.25, -0.2) is 0 Å². The van der Waals surface area contributed by atoms with Crippen LogP contribution in [-0.2, 0) is 11.8 Å². The minimum atomic E-state index is -0.541. The lowest BCUT2D eigenvalue weighted by atomic mass is 9.61. The van der Waals surface area contributed by atoms with Gasteiger partial charge in [-0.15, -0.1) is 0 Å². The van der Waals surface area contributed by atoms with Gasteiger partial charge < -0.3 is 20.4 Å².